The minimum absolute atomic E-state index is 0.320. The van der Waals surface area contributed by atoms with Crippen LogP contribution in [0.15, 0.2) is 33.9 Å². The summed E-state index contributed by atoms with van der Waals surface area (Å²) in [6.45, 7) is 6.76. The van der Waals surface area contributed by atoms with Crippen molar-refractivity contribution in [3.05, 3.63) is 56.5 Å². The van der Waals surface area contributed by atoms with Crippen LogP contribution in [0.1, 0.15) is 38.1 Å². The molecule has 0 aliphatic carbocycles. The summed E-state index contributed by atoms with van der Waals surface area (Å²) < 4.78 is 14.0. The van der Waals surface area contributed by atoms with E-state index >= 15 is 0 Å². The summed E-state index contributed by atoms with van der Waals surface area (Å²) >= 11 is 0. The fourth-order valence-corrected chi connectivity index (χ4v) is 3.80. The molecule has 1 N–H and O–H groups in total. The number of aromatic nitrogens is 4. The zero-order chi connectivity index (χ0) is 21.8. The molecule has 2 aromatic heterocycles. The summed E-state index contributed by atoms with van der Waals surface area (Å²) in [6, 6.07) is 7.85. The lowest BCUT2D eigenvalue weighted by Gasteiger charge is -2.22. The predicted molar refractivity (Wildman–Crippen MR) is 120 cm³/mol. The highest BCUT2D eigenvalue weighted by molar-refractivity contribution is 5.75. The maximum absolute atomic E-state index is 12.6. The Morgan fingerprint density at radius 2 is 1.81 bits per heavy atom. The van der Waals surface area contributed by atoms with Crippen LogP contribution in [0.5, 0.6) is 5.75 Å². The number of ether oxygens (including phenoxy) is 2. The molecular weight excluding hydrogens is 396 g/mol. The highest BCUT2D eigenvalue weighted by atomic mass is 16.5. The van der Waals surface area contributed by atoms with E-state index in [-0.39, 0.29) is 11.2 Å². The van der Waals surface area contributed by atoms with Crippen molar-refractivity contribution in [3.8, 4) is 5.75 Å². The summed E-state index contributed by atoms with van der Waals surface area (Å²) in [5, 5.41) is 0. The average Bonchev–Trinajstić information content (AvgIpc) is 3.23. The smallest absolute Gasteiger partial charge is 0.332 e. The first-order chi connectivity index (χ1) is 15.1. The zero-order valence-corrected chi connectivity index (χ0v) is 18.0. The van der Waals surface area contributed by atoms with Gasteiger partial charge in [0.1, 0.15) is 17.1 Å². The second kappa shape index (κ2) is 9.34. The van der Waals surface area contributed by atoms with Gasteiger partial charge in [0, 0.05) is 26.3 Å². The molecular formula is C23H28N4O4. The molecule has 0 amide bonds. The second-order valence-electron chi connectivity index (χ2n) is 7.67. The molecule has 8 heteroatoms. The molecule has 1 aliphatic heterocycles. The average molecular weight is 425 g/mol. The predicted octanol–water partition coefficient (Wildman–Crippen LogP) is 2.90. The van der Waals surface area contributed by atoms with E-state index < -0.39 is 0 Å². The van der Waals surface area contributed by atoms with E-state index in [1.807, 2.05) is 37.3 Å². The summed E-state index contributed by atoms with van der Waals surface area (Å²) in [5.74, 6) is 1.93. The van der Waals surface area contributed by atoms with Crippen molar-refractivity contribution in [2.45, 2.75) is 39.8 Å². The minimum Gasteiger partial charge on any atom is -0.493 e. The van der Waals surface area contributed by atoms with Crippen LogP contribution in [-0.2, 0) is 17.8 Å². The zero-order valence-electron chi connectivity index (χ0n) is 18.0. The number of nitrogens with one attached hydrogen (secondary N) is 1. The number of imidazole rings is 1. The van der Waals surface area contributed by atoms with Crippen LogP contribution in [0.25, 0.3) is 23.3 Å². The topological polar surface area (TPSA) is 91.1 Å². The quantitative estimate of drug-likeness (QED) is 0.630. The van der Waals surface area contributed by atoms with Gasteiger partial charge in [-0.1, -0.05) is 18.2 Å². The monoisotopic (exact) mass is 424 g/mol. The van der Waals surface area contributed by atoms with E-state index in [2.05, 4.69) is 9.97 Å². The number of fused-ring (bicyclic) bond motifs is 1. The number of hydrogen-bond acceptors (Lipinski definition) is 5. The Morgan fingerprint density at radius 1 is 1.10 bits per heavy atom. The minimum atomic E-state index is -0.342. The first-order valence-corrected chi connectivity index (χ1v) is 10.8. The molecule has 1 saturated heterocycles. The van der Waals surface area contributed by atoms with Gasteiger partial charge in [0.2, 0.25) is 0 Å². The van der Waals surface area contributed by atoms with Gasteiger partial charge in [-0.2, -0.15) is 0 Å². The van der Waals surface area contributed by atoms with Crippen molar-refractivity contribution in [1.82, 2.24) is 19.1 Å². The van der Waals surface area contributed by atoms with Gasteiger partial charge in [-0.15, -0.1) is 0 Å². The number of aryl methyl sites for hydroxylation is 1. The van der Waals surface area contributed by atoms with Crippen LogP contribution in [0.4, 0.5) is 0 Å². The summed E-state index contributed by atoms with van der Waals surface area (Å²) in [5.41, 5.74) is 1.04. The van der Waals surface area contributed by atoms with Crippen molar-refractivity contribution in [2.75, 3.05) is 19.8 Å². The Kier molecular flexibility index (Phi) is 6.36. The third kappa shape index (κ3) is 4.49. The molecule has 0 atom stereocenters. The third-order valence-corrected chi connectivity index (χ3v) is 5.65. The van der Waals surface area contributed by atoms with E-state index in [9.17, 15) is 9.59 Å². The first-order valence-electron chi connectivity index (χ1n) is 10.8. The van der Waals surface area contributed by atoms with Crippen LogP contribution < -0.4 is 16.0 Å². The Bertz CT molecular complexity index is 1180. The lowest BCUT2D eigenvalue weighted by atomic mass is 10.0. The van der Waals surface area contributed by atoms with Gasteiger partial charge in [-0.25, -0.2) is 9.78 Å². The van der Waals surface area contributed by atoms with Crippen LogP contribution >= 0.6 is 0 Å². The SMILES string of the molecule is CCn1c(=O)c2[nH]c(/C=C/c3ccc(OCC4CCOCC4)cc3)nc2n(CC)c1=O. The fraction of sp³-hybridized carbons (Fsp3) is 0.435. The molecule has 1 fully saturated rings. The Morgan fingerprint density at radius 3 is 2.48 bits per heavy atom. The highest BCUT2D eigenvalue weighted by Gasteiger charge is 2.15. The summed E-state index contributed by atoms with van der Waals surface area (Å²) in [7, 11) is 0. The van der Waals surface area contributed by atoms with Gasteiger partial charge in [0.05, 0.1) is 6.61 Å². The lowest BCUT2D eigenvalue weighted by molar-refractivity contribution is 0.0497. The molecule has 4 rings (SSSR count). The molecule has 31 heavy (non-hydrogen) atoms. The molecule has 1 aliphatic rings. The first kappa shape index (κ1) is 21.1. The van der Waals surface area contributed by atoms with E-state index in [4.69, 9.17) is 9.47 Å². The van der Waals surface area contributed by atoms with Gasteiger partial charge in [0.25, 0.3) is 5.56 Å². The van der Waals surface area contributed by atoms with Crippen molar-refractivity contribution in [1.29, 1.82) is 0 Å². The van der Waals surface area contributed by atoms with Crippen LogP contribution in [-0.4, -0.2) is 38.9 Å². The maximum Gasteiger partial charge on any atom is 0.332 e. The normalized spacial score (nSPS) is 15.2. The Hall–Kier alpha value is -3.13. The molecule has 0 spiro atoms. The summed E-state index contributed by atoms with van der Waals surface area (Å²) in [6.07, 6.45) is 5.81. The molecule has 3 aromatic rings. The molecule has 0 bridgehead atoms. The second-order valence-corrected chi connectivity index (χ2v) is 7.67. The molecule has 3 heterocycles. The van der Waals surface area contributed by atoms with Gasteiger partial charge < -0.3 is 14.5 Å². The standard InChI is InChI=1S/C23H28N4O4/c1-3-26-21-20(22(28)27(4-2)23(26)29)24-19(25-21)10-7-16-5-8-18(9-6-16)31-15-17-11-13-30-14-12-17/h5-10,17H,3-4,11-15H2,1-2H3,(H,24,25)/b10-7+. The fourth-order valence-electron chi connectivity index (χ4n) is 3.80. The Labute approximate surface area is 180 Å². The van der Waals surface area contributed by atoms with Gasteiger partial charge >= 0.3 is 5.69 Å². The summed E-state index contributed by atoms with van der Waals surface area (Å²) in [4.78, 5) is 32.6. The molecule has 164 valence electrons. The number of rotatable bonds is 7. The van der Waals surface area contributed by atoms with Crippen molar-refractivity contribution in [2.24, 2.45) is 5.92 Å². The van der Waals surface area contributed by atoms with E-state index in [0.717, 1.165) is 37.4 Å². The number of benzene rings is 1. The third-order valence-electron chi connectivity index (χ3n) is 5.65. The largest absolute Gasteiger partial charge is 0.493 e. The highest BCUT2D eigenvalue weighted by Crippen LogP contribution is 2.19. The molecule has 1 aromatic carbocycles. The van der Waals surface area contributed by atoms with E-state index in [1.54, 1.807) is 13.0 Å². The molecule has 0 saturated carbocycles. The number of aromatic amines is 1. The van der Waals surface area contributed by atoms with Gasteiger partial charge in [-0.3, -0.25) is 13.9 Å². The van der Waals surface area contributed by atoms with E-state index in [0.29, 0.717) is 42.6 Å². The number of H-pyrrole nitrogens is 1. The van der Waals surface area contributed by atoms with Crippen molar-refractivity contribution >= 4 is 23.3 Å². The number of nitrogens with zero attached hydrogens (tertiary/aromatic N) is 3. The van der Waals surface area contributed by atoms with Crippen LogP contribution in [0.2, 0.25) is 0 Å². The number of hydrogen-bond donors (Lipinski definition) is 1. The Balaban J connectivity index is 1.50. The van der Waals surface area contributed by atoms with Gasteiger partial charge in [-0.05, 0) is 56.4 Å². The molecule has 0 radical (unpaired) electrons. The molecule has 0 unspecified atom stereocenters. The van der Waals surface area contributed by atoms with E-state index in [1.165, 1.54) is 9.13 Å². The lowest BCUT2D eigenvalue weighted by Crippen LogP contribution is -2.39. The van der Waals surface area contributed by atoms with Crippen molar-refractivity contribution in [3.63, 3.8) is 0 Å². The van der Waals surface area contributed by atoms with Crippen molar-refractivity contribution < 1.29 is 9.47 Å². The van der Waals surface area contributed by atoms with Gasteiger partial charge in [0.15, 0.2) is 5.65 Å². The van der Waals surface area contributed by atoms with Crippen LogP contribution in [0, 0.1) is 5.92 Å². The van der Waals surface area contributed by atoms with Crippen LogP contribution in [0.3, 0.4) is 0 Å². The molecule has 8 nitrogen and oxygen atoms in total. The maximum atomic E-state index is 12.6.